The van der Waals surface area contributed by atoms with Gasteiger partial charge in [0.05, 0.1) is 22.3 Å². The molecule has 0 radical (unpaired) electrons. The van der Waals surface area contributed by atoms with Gasteiger partial charge in [0.25, 0.3) is 11.8 Å². The second kappa shape index (κ2) is 12.9. The van der Waals surface area contributed by atoms with Gasteiger partial charge in [0.2, 0.25) is 0 Å². The van der Waals surface area contributed by atoms with E-state index < -0.39 is 23.8 Å². The van der Waals surface area contributed by atoms with Gasteiger partial charge < -0.3 is 20.8 Å². The van der Waals surface area contributed by atoms with E-state index >= 15 is 0 Å². The van der Waals surface area contributed by atoms with Gasteiger partial charge in [0, 0.05) is 11.4 Å². The van der Waals surface area contributed by atoms with Gasteiger partial charge in [-0.1, -0.05) is 82.0 Å². The number of carbonyl (C=O) groups is 4. The highest BCUT2D eigenvalue weighted by Gasteiger charge is 2.25. The second-order valence-corrected chi connectivity index (χ2v) is 8.76. The molecule has 0 heterocycles. The van der Waals surface area contributed by atoms with Crippen molar-refractivity contribution in [3.8, 4) is 0 Å². The van der Waals surface area contributed by atoms with Crippen LogP contribution in [0.25, 0.3) is 36.5 Å². The molecule has 210 valence electrons. The fraction of sp³-hybridized carbons (Fsp3) is 0. The number of aromatic carboxylic acids is 2. The van der Waals surface area contributed by atoms with Crippen LogP contribution in [0.2, 0.25) is 0 Å². The Balaban J connectivity index is 2.02. The Labute approximate surface area is 243 Å². The van der Waals surface area contributed by atoms with Gasteiger partial charge >= 0.3 is 11.9 Å². The number of benzene rings is 3. The Morgan fingerprint density at radius 1 is 0.548 bits per heavy atom. The van der Waals surface area contributed by atoms with Crippen molar-refractivity contribution in [2.45, 2.75) is 0 Å². The molecule has 0 fully saturated rings. The van der Waals surface area contributed by atoms with E-state index in [-0.39, 0.29) is 44.8 Å². The fourth-order valence-corrected chi connectivity index (χ4v) is 4.59. The van der Waals surface area contributed by atoms with Gasteiger partial charge in [-0.3, -0.25) is 9.59 Å². The maximum absolute atomic E-state index is 13.3. The summed E-state index contributed by atoms with van der Waals surface area (Å²) in [7, 11) is 0. The van der Waals surface area contributed by atoms with Crippen LogP contribution in [0, 0.1) is 0 Å². The molecule has 42 heavy (non-hydrogen) atoms. The first-order chi connectivity index (χ1) is 20.1. The van der Waals surface area contributed by atoms with Crippen molar-refractivity contribution in [2.75, 3.05) is 10.6 Å². The van der Waals surface area contributed by atoms with E-state index in [1.165, 1.54) is 54.7 Å². The quantitative estimate of drug-likeness (QED) is 0.182. The molecule has 0 atom stereocenters. The highest BCUT2D eigenvalue weighted by atomic mass is 16.4. The number of nitrogens with one attached hydrogen (secondary N) is 2. The largest absolute Gasteiger partial charge is 0.478 e. The molecule has 0 bridgehead atoms. The molecular formula is C34H28N2O6. The number of carboxylic acids is 2. The molecule has 2 amide bonds. The molecule has 3 aromatic rings. The van der Waals surface area contributed by atoms with Crippen LogP contribution in [-0.4, -0.2) is 34.0 Å². The van der Waals surface area contributed by atoms with Crippen molar-refractivity contribution in [1.29, 1.82) is 0 Å². The molecule has 3 aromatic carbocycles. The summed E-state index contributed by atoms with van der Waals surface area (Å²) in [6, 6.07) is 8.88. The minimum Gasteiger partial charge on any atom is -0.478 e. The third kappa shape index (κ3) is 5.78. The fourth-order valence-electron chi connectivity index (χ4n) is 4.59. The predicted molar refractivity (Wildman–Crippen MR) is 170 cm³/mol. The average molecular weight is 561 g/mol. The van der Waals surface area contributed by atoms with E-state index in [4.69, 9.17) is 0 Å². The van der Waals surface area contributed by atoms with Crippen LogP contribution in [0.15, 0.2) is 75.9 Å². The summed E-state index contributed by atoms with van der Waals surface area (Å²) in [5.74, 6) is -4.11. The summed E-state index contributed by atoms with van der Waals surface area (Å²) in [5.41, 5.74) is 2.06. The predicted octanol–water partition coefficient (Wildman–Crippen LogP) is 7.45. The molecule has 0 saturated heterocycles. The molecule has 8 nitrogen and oxygen atoms in total. The van der Waals surface area contributed by atoms with Crippen molar-refractivity contribution in [2.24, 2.45) is 0 Å². The summed E-state index contributed by atoms with van der Waals surface area (Å²) in [4.78, 5) is 50.9. The van der Waals surface area contributed by atoms with Crippen molar-refractivity contribution >= 4 is 71.6 Å². The number of hydrogen-bond acceptors (Lipinski definition) is 4. The van der Waals surface area contributed by atoms with E-state index in [0.29, 0.717) is 22.3 Å². The zero-order chi connectivity index (χ0) is 31.1. The first kappa shape index (κ1) is 30.5. The maximum Gasteiger partial charge on any atom is 0.337 e. The number of amides is 2. The molecule has 3 rings (SSSR count). The normalized spacial score (nSPS) is 10.1. The van der Waals surface area contributed by atoms with Gasteiger partial charge in [-0.15, -0.1) is 0 Å². The van der Waals surface area contributed by atoms with Crippen LogP contribution in [0.5, 0.6) is 0 Å². The van der Waals surface area contributed by atoms with Gasteiger partial charge in [0.1, 0.15) is 0 Å². The maximum atomic E-state index is 13.3. The molecule has 0 aliphatic heterocycles. The Kier molecular flexibility index (Phi) is 9.37. The summed E-state index contributed by atoms with van der Waals surface area (Å²) in [5, 5.41) is 25.1. The van der Waals surface area contributed by atoms with Crippen LogP contribution in [0.3, 0.4) is 0 Å². The van der Waals surface area contributed by atoms with Gasteiger partial charge in [-0.2, -0.15) is 0 Å². The van der Waals surface area contributed by atoms with Crippen molar-refractivity contribution in [3.05, 3.63) is 132 Å². The number of rotatable bonds is 12. The first-order valence-corrected chi connectivity index (χ1v) is 12.4. The molecule has 8 heteroatoms. The summed E-state index contributed by atoms with van der Waals surface area (Å²) < 4.78 is 0. The minimum atomic E-state index is -1.33. The first-order valence-electron chi connectivity index (χ1n) is 12.4. The number of carboxylic acid groups (broad SMARTS) is 2. The molecule has 4 N–H and O–H groups in total. The van der Waals surface area contributed by atoms with Crippen LogP contribution >= 0.6 is 0 Å². The smallest absolute Gasteiger partial charge is 0.337 e. The Morgan fingerprint density at radius 3 is 1.19 bits per heavy atom. The molecule has 0 spiro atoms. The number of carbonyl (C=O) groups excluding carboxylic acids is 2. The van der Waals surface area contributed by atoms with Crippen LogP contribution in [0.4, 0.5) is 11.4 Å². The lowest BCUT2D eigenvalue weighted by Crippen LogP contribution is -2.20. The Bertz CT molecular complexity index is 1610. The summed E-state index contributed by atoms with van der Waals surface area (Å²) in [6.45, 7) is 22.3. The van der Waals surface area contributed by atoms with Crippen LogP contribution in [0.1, 0.15) is 74.8 Å². The molecule has 0 saturated carbocycles. The number of anilines is 2. The van der Waals surface area contributed by atoms with Gasteiger partial charge in [0.15, 0.2) is 0 Å². The zero-order valence-corrected chi connectivity index (χ0v) is 22.7. The topological polar surface area (TPSA) is 133 Å². The lowest BCUT2D eigenvalue weighted by atomic mass is 9.90. The summed E-state index contributed by atoms with van der Waals surface area (Å²) >= 11 is 0. The molecule has 0 aliphatic carbocycles. The lowest BCUT2D eigenvalue weighted by molar-refractivity contribution is 0.0683. The zero-order valence-electron chi connectivity index (χ0n) is 22.7. The van der Waals surface area contributed by atoms with Crippen LogP contribution < -0.4 is 10.6 Å². The van der Waals surface area contributed by atoms with Gasteiger partial charge in [-0.25, -0.2) is 9.59 Å². The lowest BCUT2D eigenvalue weighted by Gasteiger charge is -2.16. The van der Waals surface area contributed by atoms with Crippen molar-refractivity contribution < 1.29 is 29.4 Å². The average Bonchev–Trinajstić information content (AvgIpc) is 2.98. The second-order valence-electron chi connectivity index (χ2n) is 8.76. The monoisotopic (exact) mass is 560 g/mol. The third-order valence-corrected chi connectivity index (χ3v) is 6.43. The SMILES string of the molecule is C=Cc1cc(C(=O)Nc2cccc(NC(=O)c3cc(C=C)c(C=C)c(C=C)c3C(=O)O)c2)c(C(=O)O)c(C=C)c1C=C. The minimum absolute atomic E-state index is 0.130. The Morgan fingerprint density at radius 2 is 0.905 bits per heavy atom. The standard InChI is InChI=1S/C34H28N2O6/c1-7-19-16-27(29(33(39)40)25(11-5)23(19)9-3)31(37)35-21-14-13-15-22(18-21)36-32(38)28-17-20(8-2)24(10-4)26(12-6)30(28)34(41)42/h7-18H,1-6H2,(H,35,37)(H,36,38)(H,39,40)(H,41,42). The van der Waals surface area contributed by atoms with E-state index in [9.17, 15) is 29.4 Å². The summed E-state index contributed by atoms with van der Waals surface area (Å²) in [6.07, 6.45) is 8.55. The highest BCUT2D eigenvalue weighted by Crippen LogP contribution is 2.30. The van der Waals surface area contributed by atoms with Crippen LogP contribution in [-0.2, 0) is 0 Å². The highest BCUT2D eigenvalue weighted by molar-refractivity contribution is 6.15. The molecular weight excluding hydrogens is 532 g/mol. The molecule has 0 unspecified atom stereocenters. The van der Waals surface area contributed by atoms with Gasteiger partial charge in [-0.05, 0) is 63.7 Å². The molecule has 0 aromatic heterocycles. The third-order valence-electron chi connectivity index (χ3n) is 6.43. The number of hydrogen-bond donors (Lipinski definition) is 4. The van der Waals surface area contributed by atoms with E-state index in [1.54, 1.807) is 18.2 Å². The molecule has 0 aliphatic rings. The van der Waals surface area contributed by atoms with Crippen molar-refractivity contribution in [3.63, 3.8) is 0 Å². The van der Waals surface area contributed by atoms with E-state index in [0.717, 1.165) is 0 Å². The van der Waals surface area contributed by atoms with E-state index in [1.807, 2.05) is 0 Å². The van der Waals surface area contributed by atoms with Crippen molar-refractivity contribution in [1.82, 2.24) is 0 Å². The Hall–Kier alpha value is -6.02. The van der Waals surface area contributed by atoms with E-state index in [2.05, 4.69) is 50.1 Å².